The van der Waals surface area contributed by atoms with Crippen molar-refractivity contribution in [2.24, 2.45) is 0 Å². The Hall–Kier alpha value is -1.43. The molecule has 0 saturated carbocycles. The number of hydrogen-bond acceptors (Lipinski definition) is 4. The third kappa shape index (κ3) is 2.49. The highest BCUT2D eigenvalue weighted by molar-refractivity contribution is 7.17. The van der Waals surface area contributed by atoms with Gasteiger partial charge in [0.05, 0.1) is 20.9 Å². The van der Waals surface area contributed by atoms with Crippen molar-refractivity contribution in [1.29, 1.82) is 0 Å². The van der Waals surface area contributed by atoms with Gasteiger partial charge in [0.25, 0.3) is 0 Å². The summed E-state index contributed by atoms with van der Waals surface area (Å²) in [5.74, 6) is 0.131. The summed E-state index contributed by atoms with van der Waals surface area (Å²) in [7, 11) is 0. The van der Waals surface area contributed by atoms with Crippen LogP contribution in [-0.2, 0) is 0 Å². The van der Waals surface area contributed by atoms with Crippen LogP contribution in [-0.4, -0.2) is 9.97 Å². The first-order valence-corrected chi connectivity index (χ1v) is 6.90. The highest BCUT2D eigenvalue weighted by Crippen LogP contribution is 2.32. The van der Waals surface area contributed by atoms with E-state index in [2.05, 4.69) is 15.3 Å². The fourth-order valence-corrected chi connectivity index (χ4v) is 2.76. The summed E-state index contributed by atoms with van der Waals surface area (Å²) >= 11 is 13.3. The number of anilines is 2. The van der Waals surface area contributed by atoms with E-state index in [-0.39, 0.29) is 11.1 Å². The van der Waals surface area contributed by atoms with Gasteiger partial charge in [-0.15, -0.1) is 11.3 Å². The second-order valence-corrected chi connectivity index (χ2v) is 5.39. The normalized spacial score (nSPS) is 10.9. The Morgan fingerprint density at radius 2 is 2.00 bits per heavy atom. The minimum absolute atomic E-state index is 0.126. The molecule has 1 N–H and O–H groups in total. The number of thiophene rings is 1. The van der Waals surface area contributed by atoms with Gasteiger partial charge in [0.15, 0.2) is 5.82 Å². The van der Waals surface area contributed by atoms with Crippen LogP contribution >= 0.6 is 34.5 Å². The van der Waals surface area contributed by atoms with E-state index in [4.69, 9.17) is 23.2 Å². The summed E-state index contributed by atoms with van der Waals surface area (Å²) in [6, 6.07) is 5.92. The minimum atomic E-state index is -0.380. The highest BCUT2D eigenvalue weighted by atomic mass is 35.5. The fraction of sp³-hybridized carbons (Fsp3) is 0. The second-order valence-electron chi connectivity index (χ2n) is 3.73. The molecule has 0 amide bonds. The topological polar surface area (TPSA) is 37.8 Å². The van der Waals surface area contributed by atoms with E-state index in [1.807, 2.05) is 11.4 Å². The first-order chi connectivity index (χ1) is 9.13. The maximum atomic E-state index is 13.2. The molecule has 7 heteroatoms. The maximum absolute atomic E-state index is 13.2. The van der Waals surface area contributed by atoms with Crippen LogP contribution in [0, 0.1) is 5.82 Å². The van der Waals surface area contributed by atoms with E-state index in [1.54, 1.807) is 0 Å². The van der Waals surface area contributed by atoms with Gasteiger partial charge in [-0.1, -0.05) is 11.6 Å². The van der Waals surface area contributed by atoms with Crippen LogP contribution in [0.25, 0.3) is 10.2 Å². The summed E-state index contributed by atoms with van der Waals surface area (Å²) in [6.45, 7) is 0. The second kappa shape index (κ2) is 4.92. The molecule has 0 aliphatic rings. The van der Waals surface area contributed by atoms with Crippen molar-refractivity contribution in [2.75, 3.05) is 5.32 Å². The van der Waals surface area contributed by atoms with Crippen LogP contribution in [0.4, 0.5) is 15.9 Å². The monoisotopic (exact) mass is 313 g/mol. The van der Waals surface area contributed by atoms with E-state index in [0.717, 1.165) is 10.2 Å². The summed E-state index contributed by atoms with van der Waals surface area (Å²) in [5.41, 5.74) is 1.17. The molecule has 19 heavy (non-hydrogen) atoms. The molecule has 2 heterocycles. The van der Waals surface area contributed by atoms with E-state index in [0.29, 0.717) is 16.5 Å². The Morgan fingerprint density at radius 3 is 2.84 bits per heavy atom. The van der Waals surface area contributed by atoms with Crippen LogP contribution in [0.1, 0.15) is 0 Å². The molecule has 0 atom stereocenters. The van der Waals surface area contributed by atoms with Crippen LogP contribution in [0.15, 0.2) is 29.6 Å². The molecule has 0 bridgehead atoms. The van der Waals surface area contributed by atoms with E-state index in [1.165, 1.54) is 29.5 Å². The summed E-state index contributed by atoms with van der Waals surface area (Å²) in [6.07, 6.45) is 0. The van der Waals surface area contributed by atoms with Gasteiger partial charge in [0.2, 0.25) is 5.28 Å². The zero-order chi connectivity index (χ0) is 13.4. The lowest BCUT2D eigenvalue weighted by molar-refractivity contribution is 0.628. The Labute approximate surface area is 122 Å². The number of nitrogens with zero attached hydrogens (tertiary/aromatic N) is 2. The maximum Gasteiger partial charge on any atom is 0.224 e. The highest BCUT2D eigenvalue weighted by Gasteiger charge is 2.10. The number of benzene rings is 1. The number of fused-ring (bicyclic) bond motifs is 1. The lowest BCUT2D eigenvalue weighted by Gasteiger charge is -2.08. The molecule has 3 rings (SSSR count). The van der Waals surface area contributed by atoms with Crippen molar-refractivity contribution < 1.29 is 4.39 Å². The fourth-order valence-electron chi connectivity index (χ4n) is 1.64. The molecule has 0 fully saturated rings. The average molecular weight is 314 g/mol. The largest absolute Gasteiger partial charge is 0.338 e. The molecule has 0 saturated heterocycles. The third-order valence-corrected chi connectivity index (χ3v) is 3.87. The van der Waals surface area contributed by atoms with Crippen molar-refractivity contribution in [3.63, 3.8) is 0 Å². The molecule has 2 aromatic heterocycles. The third-order valence-electron chi connectivity index (χ3n) is 2.46. The number of hydrogen-bond donors (Lipinski definition) is 1. The number of aromatic nitrogens is 2. The Balaban J connectivity index is 2.10. The van der Waals surface area contributed by atoms with E-state index in [9.17, 15) is 4.39 Å². The van der Waals surface area contributed by atoms with Crippen molar-refractivity contribution in [3.8, 4) is 0 Å². The molecule has 0 radical (unpaired) electrons. The lowest BCUT2D eigenvalue weighted by atomic mass is 10.3. The number of halogens is 3. The van der Waals surface area contributed by atoms with Crippen molar-refractivity contribution >= 4 is 56.3 Å². The molecule has 3 nitrogen and oxygen atoms in total. The predicted molar refractivity (Wildman–Crippen MR) is 77.1 cm³/mol. The van der Waals surface area contributed by atoms with Crippen LogP contribution in [0.2, 0.25) is 10.3 Å². The van der Waals surface area contributed by atoms with Crippen molar-refractivity contribution in [2.45, 2.75) is 0 Å². The lowest BCUT2D eigenvalue weighted by Crippen LogP contribution is -1.96. The molecule has 96 valence electrons. The van der Waals surface area contributed by atoms with E-state index >= 15 is 0 Å². The first-order valence-electron chi connectivity index (χ1n) is 5.26. The average Bonchev–Trinajstić information content (AvgIpc) is 2.82. The van der Waals surface area contributed by atoms with E-state index < -0.39 is 0 Å². The van der Waals surface area contributed by atoms with Crippen LogP contribution in [0.5, 0.6) is 0 Å². The van der Waals surface area contributed by atoms with Gasteiger partial charge in [0, 0.05) is 0 Å². The SMILES string of the molecule is Fc1ccc(Cl)c(Nc2nc(Cl)nc3ccsc23)c1. The molecule has 3 aromatic rings. The molecule has 0 spiro atoms. The van der Waals surface area contributed by atoms with Gasteiger partial charge in [-0.05, 0) is 41.2 Å². The zero-order valence-electron chi connectivity index (χ0n) is 9.32. The molecule has 0 aliphatic heterocycles. The van der Waals surface area contributed by atoms with Gasteiger partial charge in [-0.3, -0.25) is 0 Å². The predicted octanol–water partition coefficient (Wildman–Crippen LogP) is 4.88. The summed E-state index contributed by atoms with van der Waals surface area (Å²) in [5, 5.41) is 5.40. The Morgan fingerprint density at radius 1 is 1.16 bits per heavy atom. The Kier molecular flexibility index (Phi) is 3.26. The minimum Gasteiger partial charge on any atom is -0.338 e. The van der Waals surface area contributed by atoms with Crippen LogP contribution < -0.4 is 5.32 Å². The van der Waals surface area contributed by atoms with Gasteiger partial charge in [0.1, 0.15) is 5.82 Å². The van der Waals surface area contributed by atoms with Crippen molar-refractivity contribution in [1.82, 2.24) is 9.97 Å². The zero-order valence-corrected chi connectivity index (χ0v) is 11.7. The smallest absolute Gasteiger partial charge is 0.224 e. The van der Waals surface area contributed by atoms with Gasteiger partial charge in [-0.2, -0.15) is 4.98 Å². The Bertz CT molecular complexity index is 760. The van der Waals surface area contributed by atoms with Gasteiger partial charge < -0.3 is 5.32 Å². The summed E-state index contributed by atoms with van der Waals surface area (Å²) in [4.78, 5) is 8.21. The number of rotatable bonds is 2. The number of nitrogens with one attached hydrogen (secondary N) is 1. The van der Waals surface area contributed by atoms with Crippen LogP contribution in [0.3, 0.4) is 0 Å². The molecule has 0 unspecified atom stereocenters. The van der Waals surface area contributed by atoms with Crippen molar-refractivity contribution in [3.05, 3.63) is 45.8 Å². The summed E-state index contributed by atoms with van der Waals surface area (Å²) < 4.78 is 14.1. The van der Waals surface area contributed by atoms with Gasteiger partial charge >= 0.3 is 0 Å². The molecule has 0 aliphatic carbocycles. The molecular formula is C12H6Cl2FN3S. The first kappa shape index (κ1) is 12.6. The quantitative estimate of drug-likeness (QED) is 0.685. The molecular weight excluding hydrogens is 308 g/mol. The standard InChI is InChI=1S/C12H6Cl2FN3S/c13-7-2-1-6(15)5-9(7)16-11-10-8(3-4-19-10)17-12(14)18-11/h1-5H,(H,16,17,18). The molecule has 1 aromatic carbocycles. The van der Waals surface area contributed by atoms with Gasteiger partial charge in [-0.25, -0.2) is 9.37 Å².